The summed E-state index contributed by atoms with van der Waals surface area (Å²) in [6.45, 7) is 14.5. The first-order chi connectivity index (χ1) is 12.4. The van der Waals surface area contributed by atoms with Gasteiger partial charge in [-0.05, 0) is 31.5 Å². The van der Waals surface area contributed by atoms with Gasteiger partial charge in [0.15, 0.2) is 25.7 Å². The van der Waals surface area contributed by atoms with Crippen LogP contribution in [-0.2, 0) is 9.16 Å². The minimum atomic E-state index is -2.19. The van der Waals surface area contributed by atoms with Crippen molar-refractivity contribution in [1.82, 2.24) is 19.5 Å². The molecule has 1 fully saturated rings. The number of imidazole rings is 1. The molecule has 0 spiro atoms. The average molecular weight is 395 g/mol. The van der Waals surface area contributed by atoms with Crippen LogP contribution in [0.3, 0.4) is 0 Å². The molecule has 0 aliphatic carbocycles. The van der Waals surface area contributed by atoms with Gasteiger partial charge in [-0.3, -0.25) is 4.57 Å². The van der Waals surface area contributed by atoms with Crippen LogP contribution in [0.25, 0.3) is 11.2 Å². The summed E-state index contributed by atoms with van der Waals surface area (Å²) in [5.74, 6) is -0.183. The molecule has 0 unspecified atom stereocenters. The average Bonchev–Trinajstić information content (AvgIpc) is 3.07. The van der Waals surface area contributed by atoms with Crippen LogP contribution in [-0.4, -0.2) is 55.9 Å². The van der Waals surface area contributed by atoms with E-state index in [4.69, 9.17) is 9.16 Å². The Morgan fingerprint density at radius 2 is 1.96 bits per heavy atom. The Kier molecular flexibility index (Phi) is 4.87. The highest BCUT2D eigenvalue weighted by Crippen LogP contribution is 2.46. The van der Waals surface area contributed by atoms with Crippen LogP contribution in [0.15, 0.2) is 12.7 Å². The molecule has 27 heavy (non-hydrogen) atoms. The number of nitrogens with zero attached hydrogens (tertiary/aromatic N) is 4. The van der Waals surface area contributed by atoms with Crippen molar-refractivity contribution < 1.29 is 19.4 Å². The van der Waals surface area contributed by atoms with E-state index in [1.54, 1.807) is 17.8 Å². The molecule has 0 aromatic carbocycles. The van der Waals surface area contributed by atoms with E-state index in [0.717, 1.165) is 0 Å². The Bertz CT molecular complexity index is 830. The van der Waals surface area contributed by atoms with Crippen LogP contribution in [0, 0.1) is 0 Å². The maximum atomic E-state index is 11.3. The van der Waals surface area contributed by atoms with E-state index >= 15 is 0 Å². The molecule has 3 rings (SSSR count). The third-order valence-corrected chi connectivity index (χ3v) is 10.5. The predicted octanol–water partition coefficient (Wildman–Crippen LogP) is 2.98. The minimum Gasteiger partial charge on any atom is -0.492 e. The van der Waals surface area contributed by atoms with Gasteiger partial charge < -0.3 is 19.4 Å². The Hall–Kier alpha value is -1.55. The summed E-state index contributed by atoms with van der Waals surface area (Å²) in [6.07, 6.45) is 1.92. The van der Waals surface area contributed by atoms with E-state index in [-0.39, 0.29) is 17.0 Å². The summed E-state index contributed by atoms with van der Waals surface area (Å²) < 4.78 is 14.6. The van der Waals surface area contributed by atoms with Gasteiger partial charge in [-0.2, -0.15) is 4.98 Å². The highest BCUT2D eigenvalue weighted by atomic mass is 28.4. The molecule has 0 radical (unpaired) electrons. The maximum Gasteiger partial charge on any atom is 0.242 e. The molecule has 1 aliphatic heterocycles. The Morgan fingerprint density at radius 1 is 1.30 bits per heavy atom. The summed E-state index contributed by atoms with van der Waals surface area (Å²) in [7, 11) is -2.19. The Balaban J connectivity index is 2.07. The molecule has 3 heterocycles. The Labute approximate surface area is 160 Å². The zero-order valence-electron chi connectivity index (χ0n) is 17.1. The largest absolute Gasteiger partial charge is 0.492 e. The van der Waals surface area contributed by atoms with Crippen LogP contribution in [0.5, 0.6) is 5.88 Å². The minimum absolute atomic E-state index is 0.0185. The summed E-state index contributed by atoms with van der Waals surface area (Å²) in [4.78, 5) is 12.2. The van der Waals surface area contributed by atoms with Crippen molar-refractivity contribution in [1.29, 1.82) is 0 Å². The standard InChI is InChI=1S/C18H30N4O4Si/c1-8-11-18(5,24)13(26-27(6,7)17(2,3)4)16(25-11)22-10-21-12-14(22)19-9-20-15(12)23/h9-11,13,16,24H,8H2,1-7H3,(H,19,20,23)/t11-,13+,16-,18+/m1/s1. The number of aliphatic hydroxyl groups is 1. The molecule has 0 saturated carbocycles. The van der Waals surface area contributed by atoms with E-state index in [1.807, 2.05) is 6.92 Å². The normalized spacial score (nSPS) is 29.6. The van der Waals surface area contributed by atoms with Crippen molar-refractivity contribution in [2.75, 3.05) is 0 Å². The number of ether oxygens (including phenoxy) is 1. The summed E-state index contributed by atoms with van der Waals surface area (Å²) in [5, 5.41) is 21.2. The van der Waals surface area contributed by atoms with Crippen LogP contribution >= 0.6 is 0 Å². The molecule has 4 atom stereocenters. The van der Waals surface area contributed by atoms with E-state index in [0.29, 0.717) is 17.6 Å². The fourth-order valence-corrected chi connectivity index (χ4v) is 4.61. The predicted molar refractivity (Wildman–Crippen MR) is 104 cm³/mol. The molecule has 1 saturated heterocycles. The first-order valence-electron chi connectivity index (χ1n) is 9.32. The number of hydrogen-bond acceptors (Lipinski definition) is 7. The molecule has 0 amide bonds. The number of aromatic hydroxyl groups is 1. The number of fused-ring (bicyclic) bond motifs is 1. The zero-order valence-corrected chi connectivity index (χ0v) is 18.1. The first-order valence-corrected chi connectivity index (χ1v) is 12.2. The van der Waals surface area contributed by atoms with Gasteiger partial charge in [0, 0.05) is 0 Å². The van der Waals surface area contributed by atoms with Gasteiger partial charge in [0.1, 0.15) is 18.0 Å². The third kappa shape index (κ3) is 3.26. The fourth-order valence-electron chi connectivity index (χ4n) is 3.27. The fraction of sp³-hybridized carbons (Fsp3) is 0.722. The zero-order chi connectivity index (χ0) is 20.2. The lowest BCUT2D eigenvalue weighted by molar-refractivity contribution is -0.0602. The molecule has 150 valence electrons. The summed E-state index contributed by atoms with van der Waals surface area (Å²) in [6, 6.07) is 0. The second kappa shape index (κ2) is 6.51. The van der Waals surface area contributed by atoms with Crippen molar-refractivity contribution in [3.63, 3.8) is 0 Å². The highest BCUT2D eigenvalue weighted by molar-refractivity contribution is 6.74. The van der Waals surface area contributed by atoms with E-state index in [2.05, 4.69) is 48.8 Å². The smallest absolute Gasteiger partial charge is 0.242 e. The van der Waals surface area contributed by atoms with Gasteiger partial charge in [0.25, 0.3) is 0 Å². The van der Waals surface area contributed by atoms with E-state index in [1.165, 1.54) is 6.33 Å². The van der Waals surface area contributed by atoms with E-state index < -0.39 is 26.3 Å². The highest BCUT2D eigenvalue weighted by Gasteiger charge is 2.56. The summed E-state index contributed by atoms with van der Waals surface area (Å²) >= 11 is 0. The Morgan fingerprint density at radius 3 is 2.56 bits per heavy atom. The van der Waals surface area contributed by atoms with Crippen molar-refractivity contribution in [2.24, 2.45) is 0 Å². The molecule has 2 N–H and O–H groups in total. The molecule has 2 aromatic rings. The molecule has 9 heteroatoms. The number of hydrogen-bond donors (Lipinski definition) is 2. The van der Waals surface area contributed by atoms with E-state index in [9.17, 15) is 10.2 Å². The first kappa shape index (κ1) is 20.2. The van der Waals surface area contributed by atoms with Crippen LogP contribution in [0.1, 0.15) is 47.3 Å². The van der Waals surface area contributed by atoms with Gasteiger partial charge in [-0.15, -0.1) is 0 Å². The van der Waals surface area contributed by atoms with Gasteiger partial charge >= 0.3 is 0 Å². The number of rotatable bonds is 4. The van der Waals surface area contributed by atoms with Gasteiger partial charge in [-0.25, -0.2) is 9.97 Å². The van der Waals surface area contributed by atoms with Gasteiger partial charge in [0.2, 0.25) is 5.88 Å². The quantitative estimate of drug-likeness (QED) is 0.769. The maximum absolute atomic E-state index is 11.3. The van der Waals surface area contributed by atoms with Crippen molar-refractivity contribution in [2.45, 2.75) is 83.2 Å². The van der Waals surface area contributed by atoms with Crippen LogP contribution < -0.4 is 0 Å². The molecule has 2 aromatic heterocycles. The number of aromatic nitrogens is 4. The molecular formula is C18H30N4O4Si. The SMILES string of the molecule is CC[C@H]1O[C@@H](n2cnc3c(O)ncnc32)[C@H](O[Si](C)(C)C(C)(C)C)[C@@]1(C)O. The van der Waals surface area contributed by atoms with Crippen molar-refractivity contribution >= 4 is 19.5 Å². The lowest BCUT2D eigenvalue weighted by Crippen LogP contribution is -2.53. The summed E-state index contributed by atoms with van der Waals surface area (Å²) in [5.41, 5.74) is -0.420. The second-order valence-corrected chi connectivity index (χ2v) is 13.7. The monoisotopic (exact) mass is 394 g/mol. The molecular weight excluding hydrogens is 364 g/mol. The van der Waals surface area contributed by atoms with Crippen molar-refractivity contribution in [3.05, 3.63) is 12.7 Å². The van der Waals surface area contributed by atoms with Crippen molar-refractivity contribution in [3.8, 4) is 5.88 Å². The lowest BCUT2D eigenvalue weighted by atomic mass is 9.93. The molecule has 1 aliphatic rings. The third-order valence-electron chi connectivity index (χ3n) is 6.00. The molecule has 8 nitrogen and oxygen atoms in total. The molecule has 0 bridgehead atoms. The van der Waals surface area contributed by atoms with Crippen LogP contribution in [0.2, 0.25) is 18.1 Å². The second-order valence-electron chi connectivity index (χ2n) is 8.97. The van der Waals surface area contributed by atoms with Gasteiger partial charge in [0.05, 0.1) is 12.4 Å². The van der Waals surface area contributed by atoms with Crippen LogP contribution in [0.4, 0.5) is 0 Å². The van der Waals surface area contributed by atoms with Gasteiger partial charge in [-0.1, -0.05) is 27.7 Å². The topological polar surface area (TPSA) is 103 Å². The lowest BCUT2D eigenvalue weighted by Gasteiger charge is -2.42.